The lowest BCUT2D eigenvalue weighted by molar-refractivity contribution is -0.139. The van der Waals surface area contributed by atoms with Crippen molar-refractivity contribution in [2.75, 3.05) is 26.2 Å². The van der Waals surface area contributed by atoms with Crippen molar-refractivity contribution in [3.05, 3.63) is 105 Å². The first-order chi connectivity index (χ1) is 18.9. The van der Waals surface area contributed by atoms with Crippen molar-refractivity contribution in [3.63, 3.8) is 0 Å². The highest BCUT2D eigenvalue weighted by atomic mass is 79.9. The number of nitrogens with one attached hydrogen (secondary N) is 1. The van der Waals surface area contributed by atoms with E-state index < -0.39 is 0 Å². The lowest BCUT2D eigenvalue weighted by Gasteiger charge is -2.38. The molecule has 7 heteroatoms. The molecule has 3 aromatic carbocycles. The van der Waals surface area contributed by atoms with Gasteiger partial charge in [-0.15, -0.1) is 0 Å². The van der Waals surface area contributed by atoms with E-state index in [9.17, 15) is 9.59 Å². The Labute approximate surface area is 244 Å². The van der Waals surface area contributed by atoms with Crippen LogP contribution in [0.2, 0.25) is 5.02 Å². The standard InChI is InChI=1S/C32H35BrClN3O2/c33-27-12-10-24(11-13-27)23-37-21-17-32(31(37)39)15-19-36(20-16-32)18-14-29(25-6-2-1-3-7-25)35-30(38)22-26-8-4-5-9-28(26)34/h1-13,29H,14-23H2,(H,35,38). The summed E-state index contributed by atoms with van der Waals surface area (Å²) in [4.78, 5) is 30.9. The minimum atomic E-state index is -0.214. The molecular formula is C32H35BrClN3O2. The predicted octanol–water partition coefficient (Wildman–Crippen LogP) is 6.41. The summed E-state index contributed by atoms with van der Waals surface area (Å²) in [6.07, 6.45) is 3.82. The molecule has 1 spiro atoms. The number of rotatable bonds is 9. The van der Waals surface area contributed by atoms with Crippen LogP contribution in [0, 0.1) is 5.41 Å². The molecule has 2 aliphatic heterocycles. The number of likely N-dealkylation sites (tertiary alicyclic amines) is 2. The van der Waals surface area contributed by atoms with Crippen molar-refractivity contribution >= 4 is 39.3 Å². The number of hydrogen-bond acceptors (Lipinski definition) is 3. The largest absolute Gasteiger partial charge is 0.349 e. The maximum Gasteiger partial charge on any atom is 0.229 e. The third kappa shape index (κ3) is 6.92. The summed E-state index contributed by atoms with van der Waals surface area (Å²) in [7, 11) is 0. The van der Waals surface area contributed by atoms with Gasteiger partial charge in [0.15, 0.2) is 0 Å². The molecule has 39 heavy (non-hydrogen) atoms. The van der Waals surface area contributed by atoms with Crippen molar-refractivity contribution in [1.29, 1.82) is 0 Å². The maximum atomic E-state index is 13.4. The van der Waals surface area contributed by atoms with E-state index in [1.165, 1.54) is 5.56 Å². The zero-order valence-electron chi connectivity index (χ0n) is 22.1. The van der Waals surface area contributed by atoms with Gasteiger partial charge < -0.3 is 15.1 Å². The van der Waals surface area contributed by atoms with E-state index in [0.717, 1.165) is 67.5 Å². The van der Waals surface area contributed by atoms with Gasteiger partial charge in [-0.3, -0.25) is 9.59 Å². The normalized spacial score (nSPS) is 17.9. The van der Waals surface area contributed by atoms with Crippen LogP contribution in [0.4, 0.5) is 0 Å². The molecule has 5 rings (SSSR count). The number of nitrogens with zero attached hydrogens (tertiary/aromatic N) is 2. The Balaban J connectivity index is 1.15. The quantitative estimate of drug-likeness (QED) is 0.306. The molecule has 204 valence electrons. The van der Waals surface area contributed by atoms with Crippen LogP contribution in [-0.4, -0.2) is 47.8 Å². The molecular weight excluding hydrogens is 574 g/mol. The third-order valence-corrected chi connectivity index (χ3v) is 9.18. The molecule has 0 saturated carbocycles. The van der Waals surface area contributed by atoms with E-state index >= 15 is 0 Å². The van der Waals surface area contributed by atoms with E-state index in [1.807, 2.05) is 59.5 Å². The molecule has 2 heterocycles. The predicted molar refractivity (Wildman–Crippen MR) is 159 cm³/mol. The third-order valence-electron chi connectivity index (χ3n) is 8.28. The van der Waals surface area contributed by atoms with Crippen molar-refractivity contribution in [2.24, 2.45) is 5.41 Å². The molecule has 2 fully saturated rings. The highest BCUT2D eigenvalue weighted by molar-refractivity contribution is 9.10. The summed E-state index contributed by atoms with van der Waals surface area (Å²) in [5.41, 5.74) is 2.89. The van der Waals surface area contributed by atoms with Crippen LogP contribution in [0.15, 0.2) is 83.3 Å². The first-order valence-electron chi connectivity index (χ1n) is 13.8. The second-order valence-electron chi connectivity index (χ2n) is 10.8. The van der Waals surface area contributed by atoms with Gasteiger partial charge in [-0.2, -0.15) is 0 Å². The Bertz CT molecular complexity index is 1280. The molecule has 1 atom stereocenters. The second kappa shape index (κ2) is 12.7. The first kappa shape index (κ1) is 27.9. The monoisotopic (exact) mass is 607 g/mol. The van der Waals surface area contributed by atoms with Crippen LogP contribution in [0.5, 0.6) is 0 Å². The fraction of sp³-hybridized carbons (Fsp3) is 0.375. The molecule has 2 aliphatic rings. The molecule has 2 saturated heterocycles. The second-order valence-corrected chi connectivity index (χ2v) is 12.1. The van der Waals surface area contributed by atoms with Gasteiger partial charge in [0.1, 0.15) is 0 Å². The molecule has 0 bridgehead atoms. The van der Waals surface area contributed by atoms with Gasteiger partial charge in [-0.25, -0.2) is 0 Å². The molecule has 0 radical (unpaired) electrons. The minimum Gasteiger partial charge on any atom is -0.349 e. The van der Waals surface area contributed by atoms with Gasteiger partial charge >= 0.3 is 0 Å². The number of hydrogen-bond donors (Lipinski definition) is 1. The fourth-order valence-electron chi connectivity index (χ4n) is 5.90. The van der Waals surface area contributed by atoms with Gasteiger partial charge in [0, 0.05) is 29.1 Å². The Hall–Kier alpha value is -2.67. The number of amides is 2. The SMILES string of the molecule is O=C(Cc1ccccc1Cl)NC(CCN1CCC2(CC1)CCN(Cc1ccc(Br)cc1)C2=O)c1ccccc1. The number of halogens is 2. The number of benzene rings is 3. The van der Waals surface area contributed by atoms with Crippen molar-refractivity contribution in [1.82, 2.24) is 15.1 Å². The highest BCUT2D eigenvalue weighted by Gasteiger charge is 2.47. The topological polar surface area (TPSA) is 52.7 Å². The Morgan fingerprint density at radius 2 is 1.59 bits per heavy atom. The maximum absolute atomic E-state index is 13.4. The van der Waals surface area contributed by atoms with Crippen LogP contribution in [0.1, 0.15) is 48.4 Å². The Morgan fingerprint density at radius 3 is 2.31 bits per heavy atom. The van der Waals surface area contributed by atoms with E-state index in [-0.39, 0.29) is 23.8 Å². The van der Waals surface area contributed by atoms with Crippen LogP contribution < -0.4 is 5.32 Å². The first-order valence-corrected chi connectivity index (χ1v) is 14.9. The van der Waals surface area contributed by atoms with Crippen molar-refractivity contribution < 1.29 is 9.59 Å². The average molecular weight is 609 g/mol. The fourth-order valence-corrected chi connectivity index (χ4v) is 6.37. The highest BCUT2D eigenvalue weighted by Crippen LogP contribution is 2.42. The Kier molecular flexibility index (Phi) is 9.06. The molecule has 0 aliphatic carbocycles. The summed E-state index contributed by atoms with van der Waals surface area (Å²) in [5, 5.41) is 3.86. The van der Waals surface area contributed by atoms with E-state index in [2.05, 4.69) is 50.4 Å². The summed E-state index contributed by atoms with van der Waals surface area (Å²) in [6.45, 7) is 4.21. The summed E-state index contributed by atoms with van der Waals surface area (Å²) in [5.74, 6) is 0.288. The van der Waals surface area contributed by atoms with Crippen LogP contribution in [0.3, 0.4) is 0 Å². The van der Waals surface area contributed by atoms with Crippen LogP contribution in [-0.2, 0) is 22.6 Å². The zero-order valence-corrected chi connectivity index (χ0v) is 24.5. The van der Waals surface area contributed by atoms with E-state index in [0.29, 0.717) is 17.5 Å². The van der Waals surface area contributed by atoms with Crippen LogP contribution >= 0.6 is 27.5 Å². The molecule has 5 nitrogen and oxygen atoms in total. The molecule has 3 aromatic rings. The summed E-state index contributed by atoms with van der Waals surface area (Å²) < 4.78 is 1.05. The van der Waals surface area contributed by atoms with Crippen LogP contribution in [0.25, 0.3) is 0 Å². The van der Waals surface area contributed by atoms with Crippen molar-refractivity contribution in [3.8, 4) is 0 Å². The van der Waals surface area contributed by atoms with Crippen molar-refractivity contribution in [2.45, 2.75) is 44.7 Å². The molecule has 1 N–H and O–H groups in total. The van der Waals surface area contributed by atoms with E-state index in [1.54, 1.807) is 0 Å². The van der Waals surface area contributed by atoms with Gasteiger partial charge in [0.2, 0.25) is 11.8 Å². The lowest BCUT2D eigenvalue weighted by atomic mass is 9.77. The Morgan fingerprint density at radius 1 is 0.923 bits per heavy atom. The average Bonchev–Trinajstić information content (AvgIpc) is 3.24. The smallest absolute Gasteiger partial charge is 0.229 e. The summed E-state index contributed by atoms with van der Waals surface area (Å²) >= 11 is 9.77. The van der Waals surface area contributed by atoms with Gasteiger partial charge in [-0.1, -0.05) is 88.2 Å². The number of piperidine rings is 1. The van der Waals surface area contributed by atoms with Gasteiger partial charge in [0.25, 0.3) is 0 Å². The number of carbonyl (C=O) groups excluding carboxylic acids is 2. The summed E-state index contributed by atoms with van der Waals surface area (Å²) in [6, 6.07) is 25.8. The van der Waals surface area contributed by atoms with Gasteiger partial charge in [-0.05, 0) is 73.7 Å². The zero-order chi connectivity index (χ0) is 27.2. The molecule has 2 amide bonds. The molecule has 1 unspecified atom stereocenters. The number of carbonyl (C=O) groups is 2. The molecule has 0 aromatic heterocycles. The van der Waals surface area contributed by atoms with E-state index in [4.69, 9.17) is 11.6 Å². The lowest BCUT2D eigenvalue weighted by Crippen LogP contribution is -2.45. The van der Waals surface area contributed by atoms with Gasteiger partial charge in [0.05, 0.1) is 17.9 Å². The minimum absolute atomic E-state index is 0.0306.